The van der Waals surface area contributed by atoms with Crippen molar-refractivity contribution in [2.24, 2.45) is 11.7 Å². The smallest absolute Gasteiger partial charge is 0.314 e. The summed E-state index contributed by atoms with van der Waals surface area (Å²) in [6.45, 7) is 1.53. The van der Waals surface area contributed by atoms with Gasteiger partial charge in [0.1, 0.15) is 5.75 Å². The van der Waals surface area contributed by atoms with Crippen molar-refractivity contribution in [3.05, 3.63) is 90.5 Å². The molecule has 0 aliphatic carbocycles. The molecule has 2 N–H and O–H groups in total. The molecule has 6 heteroatoms. The molecule has 4 aromatic carbocycles. The van der Waals surface area contributed by atoms with E-state index in [1.165, 1.54) is 10.8 Å². The number of ether oxygens (including phenoxy) is 1. The number of nitrogens with zero attached hydrogens (tertiary/aromatic N) is 2. The minimum Gasteiger partial charge on any atom is -0.425 e. The van der Waals surface area contributed by atoms with E-state index >= 15 is 0 Å². The number of amides is 1. The topological polar surface area (TPSA) is 85.5 Å². The molecule has 5 aromatic rings. The number of hydrogen-bond acceptors (Lipinski definition) is 5. The van der Waals surface area contributed by atoms with Crippen LogP contribution in [0.2, 0.25) is 0 Å². The van der Waals surface area contributed by atoms with Gasteiger partial charge in [-0.25, -0.2) is 4.98 Å². The number of primary amides is 1. The average molecular weight is 476 g/mol. The zero-order valence-electron chi connectivity index (χ0n) is 19.7. The molecule has 1 saturated heterocycles. The monoisotopic (exact) mass is 475 g/mol. The molecule has 178 valence electrons. The lowest BCUT2D eigenvalue weighted by Gasteiger charge is -2.32. The second-order valence-corrected chi connectivity index (χ2v) is 9.24. The molecule has 1 fully saturated rings. The molecular formula is C30H25N3O3. The number of anilines is 1. The van der Waals surface area contributed by atoms with Crippen LogP contribution in [0.3, 0.4) is 0 Å². The fourth-order valence-electron chi connectivity index (χ4n) is 5.14. The molecule has 0 spiro atoms. The number of carbonyl (C=O) groups is 2. The Hall–Kier alpha value is -4.45. The average Bonchev–Trinajstić information content (AvgIpc) is 2.92. The lowest BCUT2D eigenvalue weighted by molar-refractivity contribution is -0.139. The number of fused-ring (bicyclic) bond motifs is 3. The van der Waals surface area contributed by atoms with Gasteiger partial charge in [0.15, 0.2) is 0 Å². The Morgan fingerprint density at radius 1 is 0.833 bits per heavy atom. The number of aromatic nitrogens is 1. The highest BCUT2D eigenvalue weighted by Crippen LogP contribution is 2.36. The summed E-state index contributed by atoms with van der Waals surface area (Å²) in [6.07, 6.45) is 1.38. The van der Waals surface area contributed by atoms with Crippen molar-refractivity contribution in [2.75, 3.05) is 18.0 Å². The molecule has 0 radical (unpaired) electrons. The number of piperidine rings is 1. The highest BCUT2D eigenvalue weighted by atomic mass is 16.5. The van der Waals surface area contributed by atoms with E-state index in [1.54, 1.807) is 18.2 Å². The summed E-state index contributed by atoms with van der Waals surface area (Å²) in [6, 6.07) is 27.4. The number of esters is 1. The Bertz CT molecular complexity index is 1640. The molecule has 1 aliphatic rings. The van der Waals surface area contributed by atoms with E-state index < -0.39 is 5.91 Å². The number of benzene rings is 4. The Morgan fingerprint density at radius 3 is 2.36 bits per heavy atom. The van der Waals surface area contributed by atoms with E-state index in [-0.39, 0.29) is 11.9 Å². The number of rotatable bonds is 4. The summed E-state index contributed by atoms with van der Waals surface area (Å²) in [7, 11) is 0. The molecule has 6 rings (SSSR count). The highest BCUT2D eigenvalue weighted by Gasteiger charge is 2.28. The highest BCUT2D eigenvalue weighted by molar-refractivity contribution is 6.13. The minimum absolute atomic E-state index is 0.232. The number of hydrogen-bond donors (Lipinski definition) is 1. The van der Waals surface area contributed by atoms with Crippen LogP contribution >= 0.6 is 0 Å². The van der Waals surface area contributed by atoms with Crippen LogP contribution in [0.4, 0.5) is 5.69 Å². The van der Waals surface area contributed by atoms with Gasteiger partial charge in [-0.1, -0.05) is 48.5 Å². The van der Waals surface area contributed by atoms with E-state index in [0.717, 1.165) is 18.8 Å². The number of nitrogens with two attached hydrogens (primary N) is 1. The third-order valence-electron chi connectivity index (χ3n) is 7.05. The molecule has 1 aromatic heterocycles. The fourth-order valence-corrected chi connectivity index (χ4v) is 5.14. The van der Waals surface area contributed by atoms with Gasteiger partial charge in [0.25, 0.3) is 0 Å². The maximum Gasteiger partial charge on any atom is 0.314 e. The van der Waals surface area contributed by atoms with Gasteiger partial charge in [-0.3, -0.25) is 9.59 Å². The van der Waals surface area contributed by atoms with E-state index in [9.17, 15) is 9.59 Å². The van der Waals surface area contributed by atoms with Crippen molar-refractivity contribution in [3.8, 4) is 5.75 Å². The number of carbonyl (C=O) groups excluding carboxylic acids is 2. The van der Waals surface area contributed by atoms with Gasteiger partial charge in [-0.15, -0.1) is 0 Å². The largest absolute Gasteiger partial charge is 0.425 e. The van der Waals surface area contributed by atoms with Gasteiger partial charge >= 0.3 is 5.97 Å². The second-order valence-electron chi connectivity index (χ2n) is 9.24. The normalized spacial score (nSPS) is 14.4. The van der Waals surface area contributed by atoms with Gasteiger partial charge in [-0.2, -0.15) is 0 Å². The van der Waals surface area contributed by atoms with E-state index in [2.05, 4.69) is 40.2 Å². The molecule has 1 amide bonds. The third kappa shape index (κ3) is 3.90. The van der Waals surface area contributed by atoms with Crippen LogP contribution in [-0.4, -0.2) is 29.9 Å². The van der Waals surface area contributed by atoms with Crippen molar-refractivity contribution >= 4 is 50.1 Å². The predicted octanol–water partition coefficient (Wildman–Crippen LogP) is 5.46. The van der Waals surface area contributed by atoms with Crippen LogP contribution in [0.1, 0.15) is 23.2 Å². The summed E-state index contributed by atoms with van der Waals surface area (Å²) >= 11 is 0. The van der Waals surface area contributed by atoms with Gasteiger partial charge in [0.05, 0.1) is 27.9 Å². The first kappa shape index (κ1) is 22.0. The number of para-hydroxylation sites is 1. The summed E-state index contributed by atoms with van der Waals surface area (Å²) < 4.78 is 6.06. The molecule has 0 bridgehead atoms. The summed E-state index contributed by atoms with van der Waals surface area (Å²) in [5.74, 6) is -0.750. The van der Waals surface area contributed by atoms with Crippen LogP contribution in [-0.2, 0) is 4.79 Å². The van der Waals surface area contributed by atoms with E-state index in [4.69, 9.17) is 10.5 Å². The first-order valence-electron chi connectivity index (χ1n) is 12.2. The summed E-state index contributed by atoms with van der Waals surface area (Å²) in [5.41, 5.74) is 8.38. The third-order valence-corrected chi connectivity index (χ3v) is 7.05. The van der Waals surface area contributed by atoms with E-state index in [0.29, 0.717) is 46.0 Å². The van der Waals surface area contributed by atoms with Crippen molar-refractivity contribution < 1.29 is 14.3 Å². The van der Waals surface area contributed by atoms with Crippen molar-refractivity contribution in [1.82, 2.24) is 4.98 Å². The number of pyridine rings is 1. The lowest BCUT2D eigenvalue weighted by atomic mass is 9.96. The molecule has 36 heavy (non-hydrogen) atoms. The standard InChI is InChI=1S/C30H25N3O3/c31-29(34)24-9-5-11-26-27(24)28(23-8-3-4-10-25(23)32-26)36-30(35)20-14-16-33(17-15-20)22-13-12-19-6-1-2-7-21(19)18-22/h1-13,18,20H,14-17H2,(H2,31,34). The fraction of sp³-hybridized carbons (Fsp3) is 0.167. The van der Waals surface area contributed by atoms with Gasteiger partial charge < -0.3 is 15.4 Å². The Balaban J connectivity index is 1.27. The van der Waals surface area contributed by atoms with Crippen molar-refractivity contribution in [1.29, 1.82) is 0 Å². The van der Waals surface area contributed by atoms with Crippen LogP contribution in [0.25, 0.3) is 32.6 Å². The molecule has 2 heterocycles. The quantitative estimate of drug-likeness (QED) is 0.275. The van der Waals surface area contributed by atoms with Gasteiger partial charge in [-0.05, 0) is 60.0 Å². The summed E-state index contributed by atoms with van der Waals surface area (Å²) in [5, 5.41) is 3.58. The molecule has 0 unspecified atom stereocenters. The Labute approximate surface area is 208 Å². The van der Waals surface area contributed by atoms with Crippen LogP contribution < -0.4 is 15.4 Å². The minimum atomic E-state index is -0.585. The van der Waals surface area contributed by atoms with Crippen molar-refractivity contribution in [2.45, 2.75) is 12.8 Å². The first-order chi connectivity index (χ1) is 17.6. The van der Waals surface area contributed by atoms with Crippen molar-refractivity contribution in [3.63, 3.8) is 0 Å². The van der Waals surface area contributed by atoms with Crippen LogP contribution in [0.15, 0.2) is 84.9 Å². The zero-order valence-corrected chi connectivity index (χ0v) is 19.7. The first-order valence-corrected chi connectivity index (χ1v) is 12.2. The van der Waals surface area contributed by atoms with E-state index in [1.807, 2.05) is 36.4 Å². The second kappa shape index (κ2) is 8.96. The molecule has 1 aliphatic heterocycles. The molecular weight excluding hydrogens is 450 g/mol. The van der Waals surface area contributed by atoms with Gasteiger partial charge in [0.2, 0.25) is 5.91 Å². The maximum absolute atomic E-state index is 13.4. The molecule has 6 nitrogen and oxygen atoms in total. The Kier molecular flexibility index (Phi) is 5.49. The van der Waals surface area contributed by atoms with Crippen LogP contribution in [0.5, 0.6) is 5.75 Å². The predicted molar refractivity (Wildman–Crippen MR) is 142 cm³/mol. The molecule has 0 atom stereocenters. The Morgan fingerprint density at radius 2 is 1.56 bits per heavy atom. The lowest BCUT2D eigenvalue weighted by Crippen LogP contribution is -2.37. The maximum atomic E-state index is 13.4. The van der Waals surface area contributed by atoms with Crippen LogP contribution in [0, 0.1) is 5.92 Å². The SMILES string of the molecule is NC(=O)c1cccc2nc3ccccc3c(OC(=O)C3CCN(c4ccc5ccccc5c4)CC3)c12. The molecule has 0 saturated carbocycles. The summed E-state index contributed by atoms with van der Waals surface area (Å²) in [4.78, 5) is 32.5. The zero-order chi connectivity index (χ0) is 24.6. The van der Waals surface area contributed by atoms with Gasteiger partial charge in [0, 0.05) is 24.2 Å².